The van der Waals surface area contributed by atoms with Crippen molar-refractivity contribution in [3.8, 4) is 0 Å². The molecule has 0 aromatic rings. The van der Waals surface area contributed by atoms with Crippen LogP contribution in [0.2, 0.25) is 0 Å². The van der Waals surface area contributed by atoms with Crippen molar-refractivity contribution in [2.24, 2.45) is 0 Å². The lowest BCUT2D eigenvalue weighted by atomic mass is 10.1. The van der Waals surface area contributed by atoms with Gasteiger partial charge in [0, 0.05) is 13.1 Å². The van der Waals surface area contributed by atoms with E-state index in [4.69, 9.17) is 19.3 Å². The maximum Gasteiger partial charge on any atom is 0.317 e. The van der Waals surface area contributed by atoms with Crippen LogP contribution in [-0.4, -0.2) is 80.3 Å². The molecule has 0 spiro atoms. The zero-order valence-electron chi connectivity index (χ0n) is 11.2. The van der Waals surface area contributed by atoms with E-state index in [1.165, 1.54) is 4.90 Å². The van der Waals surface area contributed by atoms with E-state index in [1.54, 1.807) is 0 Å². The van der Waals surface area contributed by atoms with Gasteiger partial charge < -0.3 is 29.5 Å². The number of amides is 2. The highest BCUT2D eigenvalue weighted by Crippen LogP contribution is 2.11. The second kappa shape index (κ2) is 7.41. The average Bonchev–Trinajstić information content (AvgIpc) is 2.46. The standard InChI is InChI=1S/C12H20N2O6/c15-11(16)5-9-7-18-2-1-14(9)12(17)13-6-10-8-19-3-4-20-10/h9-10H,1-8H2,(H,13,17)(H,15,16). The second-order valence-electron chi connectivity index (χ2n) is 4.77. The number of carboxylic acids is 1. The summed E-state index contributed by atoms with van der Waals surface area (Å²) in [4.78, 5) is 24.4. The van der Waals surface area contributed by atoms with Gasteiger partial charge in [-0.25, -0.2) is 4.79 Å². The van der Waals surface area contributed by atoms with Gasteiger partial charge in [-0.05, 0) is 0 Å². The van der Waals surface area contributed by atoms with Crippen molar-refractivity contribution >= 4 is 12.0 Å². The maximum absolute atomic E-state index is 12.1. The summed E-state index contributed by atoms with van der Waals surface area (Å²) in [5.41, 5.74) is 0. The first-order valence-corrected chi connectivity index (χ1v) is 6.70. The van der Waals surface area contributed by atoms with Crippen LogP contribution >= 0.6 is 0 Å². The molecule has 2 aliphatic rings. The van der Waals surface area contributed by atoms with Crippen LogP contribution in [0.3, 0.4) is 0 Å². The Morgan fingerprint density at radius 3 is 2.70 bits per heavy atom. The molecular weight excluding hydrogens is 268 g/mol. The minimum absolute atomic E-state index is 0.115. The number of carboxylic acid groups (broad SMARTS) is 1. The molecule has 2 saturated heterocycles. The van der Waals surface area contributed by atoms with Crippen molar-refractivity contribution in [2.75, 3.05) is 46.1 Å². The molecule has 2 fully saturated rings. The molecule has 2 unspecified atom stereocenters. The van der Waals surface area contributed by atoms with Gasteiger partial charge >= 0.3 is 12.0 Å². The average molecular weight is 288 g/mol. The third-order valence-corrected chi connectivity index (χ3v) is 3.26. The molecule has 0 radical (unpaired) electrons. The molecule has 2 heterocycles. The molecular formula is C12H20N2O6. The van der Waals surface area contributed by atoms with E-state index >= 15 is 0 Å². The molecule has 0 saturated carbocycles. The number of nitrogens with one attached hydrogen (secondary N) is 1. The number of rotatable bonds is 4. The number of hydrogen-bond acceptors (Lipinski definition) is 5. The largest absolute Gasteiger partial charge is 0.481 e. The van der Waals surface area contributed by atoms with Crippen LogP contribution in [-0.2, 0) is 19.0 Å². The predicted octanol–water partition coefficient (Wildman–Crippen LogP) is -0.713. The maximum atomic E-state index is 12.1. The molecule has 20 heavy (non-hydrogen) atoms. The lowest BCUT2D eigenvalue weighted by Crippen LogP contribution is -2.54. The van der Waals surface area contributed by atoms with Gasteiger partial charge in [-0.2, -0.15) is 0 Å². The molecule has 0 aromatic heterocycles. The number of aliphatic carboxylic acids is 1. The van der Waals surface area contributed by atoms with Crippen LogP contribution in [0.4, 0.5) is 4.79 Å². The molecule has 0 aromatic carbocycles. The molecule has 8 heteroatoms. The molecule has 0 bridgehead atoms. The Morgan fingerprint density at radius 2 is 2.00 bits per heavy atom. The number of nitrogens with zero attached hydrogens (tertiary/aromatic N) is 1. The molecule has 8 nitrogen and oxygen atoms in total. The first-order valence-electron chi connectivity index (χ1n) is 6.70. The van der Waals surface area contributed by atoms with Gasteiger partial charge in [0.25, 0.3) is 0 Å². The van der Waals surface area contributed by atoms with Crippen LogP contribution in [0.15, 0.2) is 0 Å². The van der Waals surface area contributed by atoms with Crippen LogP contribution in [0.5, 0.6) is 0 Å². The molecule has 2 rings (SSSR count). The number of urea groups is 1. The van der Waals surface area contributed by atoms with E-state index in [0.29, 0.717) is 39.5 Å². The Hall–Kier alpha value is -1.38. The minimum atomic E-state index is -0.942. The Morgan fingerprint density at radius 1 is 1.20 bits per heavy atom. The SMILES string of the molecule is O=C(O)CC1COCCN1C(=O)NCC1COCCO1. The van der Waals surface area contributed by atoms with E-state index in [-0.39, 0.29) is 25.2 Å². The van der Waals surface area contributed by atoms with Crippen LogP contribution in [0.1, 0.15) is 6.42 Å². The topological polar surface area (TPSA) is 97.3 Å². The lowest BCUT2D eigenvalue weighted by Gasteiger charge is -2.35. The fourth-order valence-corrected chi connectivity index (χ4v) is 2.25. The van der Waals surface area contributed by atoms with E-state index in [9.17, 15) is 9.59 Å². The zero-order valence-corrected chi connectivity index (χ0v) is 11.2. The van der Waals surface area contributed by atoms with Crippen molar-refractivity contribution in [3.63, 3.8) is 0 Å². The highest BCUT2D eigenvalue weighted by Gasteiger charge is 2.29. The summed E-state index contributed by atoms with van der Waals surface area (Å²) in [5.74, 6) is -0.942. The normalized spacial score (nSPS) is 27.1. The summed E-state index contributed by atoms with van der Waals surface area (Å²) in [6.07, 6.45) is -0.261. The van der Waals surface area contributed by atoms with Gasteiger partial charge in [-0.15, -0.1) is 0 Å². The smallest absolute Gasteiger partial charge is 0.317 e. The van der Waals surface area contributed by atoms with Gasteiger partial charge in [0.1, 0.15) is 0 Å². The first kappa shape index (κ1) is 15.0. The molecule has 2 aliphatic heterocycles. The van der Waals surface area contributed by atoms with Gasteiger partial charge in [0.2, 0.25) is 0 Å². The Labute approximate surface area is 117 Å². The van der Waals surface area contributed by atoms with E-state index < -0.39 is 12.0 Å². The highest BCUT2D eigenvalue weighted by atomic mass is 16.6. The summed E-state index contributed by atoms with van der Waals surface area (Å²) in [7, 11) is 0. The Bertz CT molecular complexity index is 345. The monoisotopic (exact) mass is 288 g/mol. The summed E-state index contributed by atoms with van der Waals surface area (Å²) in [6.45, 7) is 2.99. The van der Waals surface area contributed by atoms with E-state index in [0.717, 1.165) is 0 Å². The number of carbonyl (C=O) groups is 2. The van der Waals surface area contributed by atoms with Crippen LogP contribution in [0, 0.1) is 0 Å². The zero-order chi connectivity index (χ0) is 14.4. The minimum Gasteiger partial charge on any atom is -0.481 e. The Balaban J connectivity index is 1.80. The second-order valence-corrected chi connectivity index (χ2v) is 4.77. The molecule has 2 N–H and O–H groups in total. The Kier molecular flexibility index (Phi) is 5.57. The van der Waals surface area contributed by atoms with Crippen molar-refractivity contribution < 1.29 is 28.9 Å². The summed E-state index contributed by atoms with van der Waals surface area (Å²) in [6, 6.07) is -0.710. The number of carbonyl (C=O) groups excluding carboxylic acids is 1. The molecule has 2 atom stereocenters. The van der Waals surface area contributed by atoms with Crippen molar-refractivity contribution in [2.45, 2.75) is 18.6 Å². The van der Waals surface area contributed by atoms with Gasteiger partial charge in [0.15, 0.2) is 0 Å². The number of hydrogen-bond donors (Lipinski definition) is 2. The fourth-order valence-electron chi connectivity index (χ4n) is 2.25. The molecule has 114 valence electrons. The first-order chi connectivity index (χ1) is 9.66. The van der Waals surface area contributed by atoms with Gasteiger partial charge in [0.05, 0.1) is 51.6 Å². The van der Waals surface area contributed by atoms with E-state index in [2.05, 4.69) is 5.32 Å². The molecule has 2 amide bonds. The van der Waals surface area contributed by atoms with E-state index in [1.807, 2.05) is 0 Å². The number of morpholine rings is 1. The number of ether oxygens (including phenoxy) is 3. The lowest BCUT2D eigenvalue weighted by molar-refractivity contribution is -0.139. The third-order valence-electron chi connectivity index (χ3n) is 3.26. The van der Waals surface area contributed by atoms with Crippen molar-refractivity contribution in [1.82, 2.24) is 10.2 Å². The van der Waals surface area contributed by atoms with Gasteiger partial charge in [-0.1, -0.05) is 0 Å². The summed E-state index contributed by atoms with van der Waals surface area (Å²) >= 11 is 0. The van der Waals surface area contributed by atoms with Gasteiger partial charge in [-0.3, -0.25) is 4.79 Å². The van der Waals surface area contributed by atoms with Crippen molar-refractivity contribution in [1.29, 1.82) is 0 Å². The highest BCUT2D eigenvalue weighted by molar-refractivity contribution is 5.76. The van der Waals surface area contributed by atoms with Crippen LogP contribution < -0.4 is 5.32 Å². The van der Waals surface area contributed by atoms with Crippen molar-refractivity contribution in [3.05, 3.63) is 0 Å². The van der Waals surface area contributed by atoms with Crippen LogP contribution in [0.25, 0.3) is 0 Å². The third kappa shape index (κ3) is 4.32. The predicted molar refractivity (Wildman–Crippen MR) is 67.5 cm³/mol. The summed E-state index contributed by atoms with van der Waals surface area (Å²) in [5, 5.41) is 11.6. The quantitative estimate of drug-likeness (QED) is 0.709. The summed E-state index contributed by atoms with van der Waals surface area (Å²) < 4.78 is 15.9. The fraction of sp³-hybridized carbons (Fsp3) is 0.833. The molecule has 0 aliphatic carbocycles.